The number of carbonyl (C=O) groups excluding carboxylic acids is 1. The molecule has 1 heterocycles. The van der Waals surface area contributed by atoms with Gasteiger partial charge in [-0.15, -0.1) is 0 Å². The summed E-state index contributed by atoms with van der Waals surface area (Å²) in [6.07, 6.45) is 1.85. The Morgan fingerprint density at radius 3 is 2.91 bits per heavy atom. The van der Waals surface area contributed by atoms with Crippen LogP contribution in [0.3, 0.4) is 0 Å². The SMILES string of the molecule is Cc1c(CSC(C)C)cccc1NC(=O)[C@H]1CCN[C@@H](C)C1. The van der Waals surface area contributed by atoms with Crippen molar-refractivity contribution < 1.29 is 4.79 Å². The lowest BCUT2D eigenvalue weighted by Crippen LogP contribution is -2.40. The summed E-state index contributed by atoms with van der Waals surface area (Å²) < 4.78 is 0. The molecule has 1 fully saturated rings. The molecule has 4 heteroatoms. The number of hydrogen-bond donors (Lipinski definition) is 2. The van der Waals surface area contributed by atoms with Crippen LogP contribution < -0.4 is 10.6 Å². The van der Waals surface area contributed by atoms with Crippen LogP contribution in [-0.4, -0.2) is 23.7 Å². The van der Waals surface area contributed by atoms with Gasteiger partial charge in [0.05, 0.1) is 0 Å². The fourth-order valence-corrected chi connectivity index (χ4v) is 3.66. The summed E-state index contributed by atoms with van der Waals surface area (Å²) in [6, 6.07) is 6.65. The van der Waals surface area contributed by atoms with E-state index in [0.29, 0.717) is 11.3 Å². The molecule has 0 unspecified atom stereocenters. The van der Waals surface area contributed by atoms with Gasteiger partial charge in [0.2, 0.25) is 5.91 Å². The summed E-state index contributed by atoms with van der Waals surface area (Å²) in [7, 11) is 0. The first kappa shape index (κ1) is 17.4. The number of piperidine rings is 1. The van der Waals surface area contributed by atoms with Gasteiger partial charge < -0.3 is 10.6 Å². The van der Waals surface area contributed by atoms with E-state index >= 15 is 0 Å². The smallest absolute Gasteiger partial charge is 0.227 e. The molecular formula is C18H28N2OS. The quantitative estimate of drug-likeness (QED) is 0.863. The molecule has 0 saturated carbocycles. The molecule has 22 heavy (non-hydrogen) atoms. The van der Waals surface area contributed by atoms with Gasteiger partial charge >= 0.3 is 0 Å². The summed E-state index contributed by atoms with van der Waals surface area (Å²) >= 11 is 1.93. The predicted octanol–water partition coefficient (Wildman–Crippen LogP) is 3.96. The fraction of sp³-hybridized carbons (Fsp3) is 0.611. The summed E-state index contributed by atoms with van der Waals surface area (Å²) in [5.74, 6) is 1.30. The Morgan fingerprint density at radius 2 is 2.23 bits per heavy atom. The number of thioether (sulfide) groups is 1. The molecule has 0 radical (unpaired) electrons. The molecule has 1 aliphatic heterocycles. The highest BCUT2D eigenvalue weighted by molar-refractivity contribution is 7.99. The largest absolute Gasteiger partial charge is 0.326 e. The lowest BCUT2D eigenvalue weighted by atomic mass is 9.92. The maximum absolute atomic E-state index is 12.5. The van der Waals surface area contributed by atoms with Gasteiger partial charge in [0.25, 0.3) is 0 Å². The second-order valence-electron chi connectivity index (χ2n) is 6.52. The first-order valence-corrected chi connectivity index (χ1v) is 9.26. The maximum Gasteiger partial charge on any atom is 0.227 e. The number of nitrogens with one attached hydrogen (secondary N) is 2. The van der Waals surface area contributed by atoms with E-state index < -0.39 is 0 Å². The van der Waals surface area contributed by atoms with E-state index in [0.717, 1.165) is 30.8 Å². The molecule has 1 saturated heterocycles. The summed E-state index contributed by atoms with van der Waals surface area (Å²) in [5.41, 5.74) is 3.49. The van der Waals surface area contributed by atoms with Gasteiger partial charge in [-0.2, -0.15) is 11.8 Å². The summed E-state index contributed by atoms with van der Waals surface area (Å²) in [4.78, 5) is 12.5. The van der Waals surface area contributed by atoms with Crippen molar-refractivity contribution in [3.05, 3.63) is 29.3 Å². The fourth-order valence-electron chi connectivity index (χ4n) is 2.84. The van der Waals surface area contributed by atoms with Crippen LogP contribution in [-0.2, 0) is 10.5 Å². The van der Waals surface area contributed by atoms with Crippen molar-refractivity contribution >= 4 is 23.4 Å². The molecule has 1 amide bonds. The Morgan fingerprint density at radius 1 is 1.45 bits per heavy atom. The monoisotopic (exact) mass is 320 g/mol. The second kappa shape index (κ2) is 8.02. The van der Waals surface area contributed by atoms with Crippen molar-refractivity contribution in [1.82, 2.24) is 5.32 Å². The Labute approximate surface area is 138 Å². The second-order valence-corrected chi connectivity index (χ2v) is 8.08. The van der Waals surface area contributed by atoms with Crippen molar-refractivity contribution in [2.24, 2.45) is 5.92 Å². The molecular weight excluding hydrogens is 292 g/mol. The molecule has 1 aromatic carbocycles. The van der Waals surface area contributed by atoms with Crippen molar-refractivity contribution in [1.29, 1.82) is 0 Å². The van der Waals surface area contributed by atoms with Gasteiger partial charge in [-0.05, 0) is 55.7 Å². The van der Waals surface area contributed by atoms with Crippen LogP contribution in [0.15, 0.2) is 18.2 Å². The number of anilines is 1. The molecule has 0 bridgehead atoms. The first-order chi connectivity index (χ1) is 10.5. The highest BCUT2D eigenvalue weighted by atomic mass is 32.2. The zero-order valence-electron chi connectivity index (χ0n) is 14.1. The standard InChI is InChI=1S/C18H28N2OS/c1-12(2)22-11-16-6-5-7-17(14(16)4)20-18(21)15-8-9-19-13(3)10-15/h5-7,12-13,15,19H,8-11H2,1-4H3,(H,20,21)/t13-,15-/m0/s1. The molecule has 2 atom stereocenters. The Bertz CT molecular complexity index is 516. The number of benzene rings is 1. The van der Waals surface area contributed by atoms with Crippen LogP contribution in [0, 0.1) is 12.8 Å². The van der Waals surface area contributed by atoms with E-state index in [2.05, 4.69) is 44.4 Å². The third kappa shape index (κ3) is 4.75. The minimum absolute atomic E-state index is 0.129. The first-order valence-electron chi connectivity index (χ1n) is 8.21. The summed E-state index contributed by atoms with van der Waals surface area (Å²) in [5, 5.41) is 7.17. The molecule has 0 aliphatic carbocycles. The van der Waals surface area contributed by atoms with Crippen LogP contribution in [0.2, 0.25) is 0 Å². The van der Waals surface area contributed by atoms with Gasteiger partial charge in [-0.25, -0.2) is 0 Å². The number of amides is 1. The van der Waals surface area contributed by atoms with E-state index in [1.54, 1.807) is 0 Å². The summed E-state index contributed by atoms with van der Waals surface area (Å²) in [6.45, 7) is 9.61. The van der Waals surface area contributed by atoms with Gasteiger partial charge in [-0.1, -0.05) is 26.0 Å². The maximum atomic E-state index is 12.5. The van der Waals surface area contributed by atoms with Crippen molar-refractivity contribution in [2.75, 3.05) is 11.9 Å². The lowest BCUT2D eigenvalue weighted by molar-refractivity contribution is -0.120. The molecule has 1 aliphatic rings. The number of rotatable bonds is 5. The van der Waals surface area contributed by atoms with Crippen LogP contribution >= 0.6 is 11.8 Å². The molecule has 0 aromatic heterocycles. The third-order valence-electron chi connectivity index (χ3n) is 4.27. The van der Waals surface area contributed by atoms with Crippen LogP contribution in [0.1, 0.15) is 44.7 Å². The van der Waals surface area contributed by atoms with Crippen LogP contribution in [0.5, 0.6) is 0 Å². The molecule has 2 N–H and O–H groups in total. The Kier molecular flexibility index (Phi) is 6.33. The molecule has 0 spiro atoms. The molecule has 122 valence electrons. The normalized spacial score (nSPS) is 21.9. The Balaban J connectivity index is 2.02. The van der Waals surface area contributed by atoms with E-state index in [-0.39, 0.29) is 11.8 Å². The van der Waals surface area contributed by atoms with Crippen molar-refractivity contribution in [3.63, 3.8) is 0 Å². The van der Waals surface area contributed by atoms with E-state index in [1.807, 2.05) is 23.9 Å². The number of hydrogen-bond acceptors (Lipinski definition) is 3. The zero-order chi connectivity index (χ0) is 16.1. The third-order valence-corrected chi connectivity index (χ3v) is 5.41. The van der Waals surface area contributed by atoms with E-state index in [9.17, 15) is 4.79 Å². The molecule has 1 aromatic rings. The van der Waals surface area contributed by atoms with E-state index in [4.69, 9.17) is 0 Å². The van der Waals surface area contributed by atoms with Crippen LogP contribution in [0.25, 0.3) is 0 Å². The van der Waals surface area contributed by atoms with Gasteiger partial charge in [0.1, 0.15) is 0 Å². The van der Waals surface area contributed by atoms with Gasteiger partial charge in [0.15, 0.2) is 0 Å². The van der Waals surface area contributed by atoms with Crippen LogP contribution in [0.4, 0.5) is 5.69 Å². The molecule has 2 rings (SSSR count). The molecule has 3 nitrogen and oxygen atoms in total. The van der Waals surface area contributed by atoms with Gasteiger partial charge in [0, 0.05) is 23.4 Å². The van der Waals surface area contributed by atoms with E-state index in [1.165, 1.54) is 11.1 Å². The number of carbonyl (C=O) groups is 1. The van der Waals surface area contributed by atoms with Gasteiger partial charge in [-0.3, -0.25) is 4.79 Å². The lowest BCUT2D eigenvalue weighted by Gasteiger charge is -2.27. The minimum Gasteiger partial charge on any atom is -0.326 e. The van der Waals surface area contributed by atoms with Crippen molar-refractivity contribution in [2.45, 2.75) is 57.6 Å². The minimum atomic E-state index is 0.129. The highest BCUT2D eigenvalue weighted by Crippen LogP contribution is 2.26. The average molecular weight is 321 g/mol. The van der Waals surface area contributed by atoms with Crippen molar-refractivity contribution in [3.8, 4) is 0 Å². The zero-order valence-corrected chi connectivity index (χ0v) is 14.9. The average Bonchev–Trinajstić information content (AvgIpc) is 2.48. The highest BCUT2D eigenvalue weighted by Gasteiger charge is 2.25. The predicted molar refractivity (Wildman–Crippen MR) is 96.4 cm³/mol. The Hall–Kier alpha value is -1.00. The topological polar surface area (TPSA) is 41.1 Å².